The monoisotopic (exact) mass is 281 g/mol. The molecule has 0 radical (unpaired) electrons. The van der Waals surface area contributed by atoms with E-state index in [1.807, 2.05) is 6.92 Å². The van der Waals surface area contributed by atoms with Crippen LogP contribution in [0.1, 0.15) is 57.2 Å². The second-order valence-corrected chi connectivity index (χ2v) is 5.83. The van der Waals surface area contributed by atoms with Gasteiger partial charge in [0, 0.05) is 19.8 Å². The molecule has 112 valence electrons. The molecule has 2 aliphatic rings. The Kier molecular flexibility index (Phi) is 3.79. The summed E-state index contributed by atoms with van der Waals surface area (Å²) in [6, 6.07) is 0. The number of ether oxygens (including phenoxy) is 2. The van der Waals surface area contributed by atoms with Crippen LogP contribution in [-0.4, -0.2) is 30.0 Å². The molecule has 0 spiro atoms. The van der Waals surface area contributed by atoms with E-state index >= 15 is 0 Å². The van der Waals surface area contributed by atoms with E-state index in [1.165, 1.54) is 0 Å². The fourth-order valence-corrected chi connectivity index (χ4v) is 3.22. The highest BCUT2D eigenvalue weighted by Crippen LogP contribution is 2.41. The third-order valence-corrected chi connectivity index (χ3v) is 4.48. The van der Waals surface area contributed by atoms with E-state index in [2.05, 4.69) is 10.1 Å². The minimum Gasteiger partial charge on any atom is -0.381 e. The maximum Gasteiger partial charge on any atom is 0.247 e. The summed E-state index contributed by atoms with van der Waals surface area (Å²) < 4.78 is 16.8. The molecule has 2 heterocycles. The largest absolute Gasteiger partial charge is 0.381 e. The fourth-order valence-electron chi connectivity index (χ4n) is 3.22. The smallest absolute Gasteiger partial charge is 0.247 e. The fraction of sp³-hybridized carbons (Fsp3) is 0.857. The van der Waals surface area contributed by atoms with Crippen LogP contribution in [0, 0.1) is 0 Å². The predicted octanol–water partition coefficient (Wildman–Crippen LogP) is 1.84. The lowest BCUT2D eigenvalue weighted by Gasteiger charge is -2.29. The van der Waals surface area contributed by atoms with Gasteiger partial charge < -0.3 is 19.7 Å². The summed E-state index contributed by atoms with van der Waals surface area (Å²) in [6.07, 6.45) is 5.64. The summed E-state index contributed by atoms with van der Waals surface area (Å²) in [7, 11) is 0. The predicted molar refractivity (Wildman–Crippen MR) is 72.0 cm³/mol. The second kappa shape index (κ2) is 5.42. The number of aromatic nitrogens is 2. The molecule has 3 rings (SSSR count). The zero-order chi connectivity index (χ0) is 14.1. The molecule has 1 aromatic rings. The summed E-state index contributed by atoms with van der Waals surface area (Å²) >= 11 is 0. The van der Waals surface area contributed by atoms with E-state index < -0.39 is 5.54 Å². The van der Waals surface area contributed by atoms with E-state index in [0.717, 1.165) is 38.5 Å². The van der Waals surface area contributed by atoms with Crippen molar-refractivity contribution in [2.24, 2.45) is 5.73 Å². The van der Waals surface area contributed by atoms with Crippen molar-refractivity contribution in [3.63, 3.8) is 0 Å². The molecule has 0 aromatic carbocycles. The van der Waals surface area contributed by atoms with Crippen molar-refractivity contribution in [3.8, 4) is 0 Å². The Balaban J connectivity index is 1.85. The lowest BCUT2D eigenvalue weighted by Crippen LogP contribution is -2.42. The van der Waals surface area contributed by atoms with E-state index in [4.69, 9.17) is 19.7 Å². The molecule has 1 aliphatic carbocycles. The number of hydrogen-bond acceptors (Lipinski definition) is 6. The zero-order valence-electron chi connectivity index (χ0n) is 12.1. The van der Waals surface area contributed by atoms with Gasteiger partial charge in [-0.3, -0.25) is 0 Å². The lowest BCUT2D eigenvalue weighted by atomic mass is 9.91. The van der Waals surface area contributed by atoms with Gasteiger partial charge in [0.1, 0.15) is 11.1 Å². The Morgan fingerprint density at radius 2 is 1.90 bits per heavy atom. The third kappa shape index (κ3) is 2.36. The molecule has 0 bridgehead atoms. The number of nitrogens with zero attached hydrogens (tertiary/aromatic N) is 2. The highest BCUT2D eigenvalue weighted by Gasteiger charge is 2.43. The van der Waals surface area contributed by atoms with E-state index in [1.54, 1.807) is 0 Å². The molecule has 1 saturated carbocycles. The molecular weight excluding hydrogens is 258 g/mol. The van der Waals surface area contributed by atoms with Crippen molar-refractivity contribution in [3.05, 3.63) is 11.7 Å². The van der Waals surface area contributed by atoms with Gasteiger partial charge in [-0.25, -0.2) is 0 Å². The topological polar surface area (TPSA) is 83.4 Å². The normalized spacial score (nSPS) is 24.9. The van der Waals surface area contributed by atoms with Gasteiger partial charge in [0.25, 0.3) is 0 Å². The van der Waals surface area contributed by atoms with Crippen LogP contribution in [0.5, 0.6) is 0 Å². The summed E-state index contributed by atoms with van der Waals surface area (Å²) in [4.78, 5) is 4.60. The standard InChI is InChI=1S/C14H23N3O3/c1-2-19-14(5-3-4-6-14)11-16-12(20-17-11)13(15)7-9-18-10-8-13/h2-10,15H2,1H3. The molecule has 6 heteroatoms. The summed E-state index contributed by atoms with van der Waals surface area (Å²) in [5.74, 6) is 1.20. The first-order chi connectivity index (χ1) is 9.69. The highest BCUT2D eigenvalue weighted by molar-refractivity contribution is 5.09. The van der Waals surface area contributed by atoms with Crippen molar-refractivity contribution in [1.82, 2.24) is 10.1 Å². The Labute approximate surface area is 119 Å². The average Bonchev–Trinajstić information content (AvgIpc) is 3.09. The van der Waals surface area contributed by atoms with Crippen LogP contribution in [0.15, 0.2) is 4.52 Å². The summed E-state index contributed by atoms with van der Waals surface area (Å²) in [5.41, 5.74) is 5.48. The van der Waals surface area contributed by atoms with Gasteiger partial charge in [-0.2, -0.15) is 4.98 Å². The first kappa shape index (κ1) is 14.0. The van der Waals surface area contributed by atoms with Crippen LogP contribution in [-0.2, 0) is 20.6 Å². The van der Waals surface area contributed by atoms with Crippen molar-refractivity contribution in [2.45, 2.75) is 56.6 Å². The van der Waals surface area contributed by atoms with Gasteiger partial charge in [-0.1, -0.05) is 5.16 Å². The van der Waals surface area contributed by atoms with Gasteiger partial charge >= 0.3 is 0 Å². The van der Waals surface area contributed by atoms with Crippen molar-refractivity contribution in [1.29, 1.82) is 0 Å². The molecule has 1 aliphatic heterocycles. The van der Waals surface area contributed by atoms with Gasteiger partial charge in [0.15, 0.2) is 0 Å². The molecule has 20 heavy (non-hydrogen) atoms. The maximum absolute atomic E-state index is 6.39. The third-order valence-electron chi connectivity index (χ3n) is 4.48. The molecule has 1 saturated heterocycles. The molecule has 2 N–H and O–H groups in total. The zero-order valence-corrected chi connectivity index (χ0v) is 12.1. The first-order valence-corrected chi connectivity index (χ1v) is 7.54. The van der Waals surface area contributed by atoms with Crippen LogP contribution < -0.4 is 5.73 Å². The minimum atomic E-state index is -0.546. The van der Waals surface area contributed by atoms with Gasteiger partial charge in [0.2, 0.25) is 11.7 Å². The Morgan fingerprint density at radius 3 is 2.55 bits per heavy atom. The van der Waals surface area contributed by atoms with Crippen molar-refractivity contribution in [2.75, 3.05) is 19.8 Å². The SMILES string of the molecule is CCOC1(c2noc(C3(N)CCOCC3)n2)CCCC1. The van der Waals surface area contributed by atoms with Crippen LogP contribution in [0.2, 0.25) is 0 Å². The van der Waals surface area contributed by atoms with Crippen LogP contribution >= 0.6 is 0 Å². The van der Waals surface area contributed by atoms with E-state index in [0.29, 0.717) is 31.5 Å². The quantitative estimate of drug-likeness (QED) is 0.906. The van der Waals surface area contributed by atoms with Gasteiger partial charge in [0.05, 0.1) is 0 Å². The molecule has 2 fully saturated rings. The molecule has 1 aromatic heterocycles. The van der Waals surface area contributed by atoms with E-state index in [9.17, 15) is 0 Å². The van der Waals surface area contributed by atoms with Crippen LogP contribution in [0.25, 0.3) is 0 Å². The van der Waals surface area contributed by atoms with E-state index in [-0.39, 0.29) is 5.60 Å². The first-order valence-electron chi connectivity index (χ1n) is 7.54. The van der Waals surface area contributed by atoms with Crippen LogP contribution in [0.3, 0.4) is 0 Å². The molecular formula is C14H23N3O3. The summed E-state index contributed by atoms with van der Waals surface area (Å²) in [5, 5.41) is 4.18. The highest BCUT2D eigenvalue weighted by atomic mass is 16.5. The Bertz CT molecular complexity index is 448. The Hall–Kier alpha value is -0.980. The van der Waals surface area contributed by atoms with Gasteiger partial charge in [-0.05, 0) is 45.4 Å². The maximum atomic E-state index is 6.39. The van der Waals surface area contributed by atoms with Crippen molar-refractivity contribution < 1.29 is 14.0 Å². The number of rotatable bonds is 4. The van der Waals surface area contributed by atoms with Crippen LogP contribution in [0.4, 0.5) is 0 Å². The molecule has 0 unspecified atom stereocenters. The minimum absolute atomic E-state index is 0.363. The van der Waals surface area contributed by atoms with Gasteiger partial charge in [-0.15, -0.1) is 0 Å². The number of hydrogen-bond donors (Lipinski definition) is 1. The molecule has 0 amide bonds. The average molecular weight is 281 g/mol. The summed E-state index contributed by atoms with van der Waals surface area (Å²) in [6.45, 7) is 3.95. The Morgan fingerprint density at radius 1 is 1.20 bits per heavy atom. The molecule has 6 nitrogen and oxygen atoms in total. The lowest BCUT2D eigenvalue weighted by molar-refractivity contribution is -0.0469. The van der Waals surface area contributed by atoms with Crippen molar-refractivity contribution >= 4 is 0 Å². The molecule has 0 atom stereocenters. The number of nitrogens with two attached hydrogens (primary N) is 1. The second-order valence-electron chi connectivity index (χ2n) is 5.83.